The van der Waals surface area contributed by atoms with Crippen LogP contribution in [0.15, 0.2) is 36.9 Å². The van der Waals surface area contributed by atoms with Gasteiger partial charge in [0.2, 0.25) is 0 Å². The molecule has 1 aliphatic heterocycles. The molecule has 1 aliphatic rings. The second-order valence-corrected chi connectivity index (χ2v) is 8.60. The smallest absolute Gasteiger partial charge is 0.259 e. The fraction of sp³-hybridized carbons (Fsp3) is 0.318. The summed E-state index contributed by atoms with van der Waals surface area (Å²) < 4.78 is 1.74. The highest BCUT2D eigenvalue weighted by molar-refractivity contribution is 6.32. The number of hydrogen-bond donors (Lipinski definition) is 2. The molecule has 9 nitrogen and oxygen atoms in total. The molecule has 1 saturated heterocycles. The molecule has 1 amide bonds. The van der Waals surface area contributed by atoms with Gasteiger partial charge in [-0.2, -0.15) is 0 Å². The fourth-order valence-corrected chi connectivity index (χ4v) is 4.56. The monoisotopic (exact) mass is 450 g/mol. The van der Waals surface area contributed by atoms with E-state index in [2.05, 4.69) is 49.3 Å². The quantitative estimate of drug-likeness (QED) is 0.494. The van der Waals surface area contributed by atoms with Gasteiger partial charge in [-0.15, -0.1) is 0 Å². The molecule has 0 radical (unpaired) electrons. The molecule has 1 aromatic carbocycles. The lowest BCUT2D eigenvalue weighted by molar-refractivity contribution is 0.102. The third-order valence-electron chi connectivity index (χ3n) is 5.51. The number of piperazine rings is 1. The van der Waals surface area contributed by atoms with Crippen molar-refractivity contribution < 1.29 is 4.79 Å². The highest BCUT2D eigenvalue weighted by Crippen LogP contribution is 2.28. The van der Waals surface area contributed by atoms with Crippen LogP contribution >= 0.6 is 11.6 Å². The van der Waals surface area contributed by atoms with E-state index in [-0.39, 0.29) is 11.1 Å². The second kappa shape index (κ2) is 7.99. The molecule has 2 unspecified atom stereocenters. The van der Waals surface area contributed by atoms with Crippen molar-refractivity contribution in [3.8, 4) is 0 Å². The lowest BCUT2D eigenvalue weighted by Gasteiger charge is -2.38. The van der Waals surface area contributed by atoms with E-state index in [1.54, 1.807) is 29.1 Å². The number of aryl methyl sites for hydroxylation is 1. The van der Waals surface area contributed by atoms with Crippen LogP contribution < -0.4 is 15.5 Å². The summed E-state index contributed by atoms with van der Waals surface area (Å²) in [4.78, 5) is 33.1. The van der Waals surface area contributed by atoms with E-state index in [4.69, 9.17) is 11.6 Å². The Morgan fingerprint density at radius 2 is 1.81 bits per heavy atom. The Labute approximate surface area is 189 Å². The van der Waals surface area contributed by atoms with Crippen LogP contribution in [0, 0.1) is 6.92 Å². The van der Waals surface area contributed by atoms with E-state index in [9.17, 15) is 4.79 Å². The highest BCUT2D eigenvalue weighted by Gasteiger charge is 2.24. The fourth-order valence-electron chi connectivity index (χ4n) is 4.33. The standard InChI is InChI=1S/C22H23ClN8O/c1-12-8-30(9-13(2)26-12)16-5-4-15(18-19(16)25-7-6-24-18)22(32)29-17-11-31-10-14(3)27-21(31)20(23)28-17/h4-7,10-13,26H,8-9H2,1-3H3,(H,29,32). The van der Waals surface area contributed by atoms with Gasteiger partial charge >= 0.3 is 0 Å². The maximum absolute atomic E-state index is 13.2. The number of nitrogens with zero attached hydrogens (tertiary/aromatic N) is 6. The lowest BCUT2D eigenvalue weighted by Crippen LogP contribution is -2.54. The van der Waals surface area contributed by atoms with Gasteiger partial charge in [-0.25, -0.2) is 9.97 Å². The molecular formula is C22H23ClN8O. The minimum Gasteiger partial charge on any atom is -0.367 e. The number of halogens is 1. The predicted octanol–water partition coefficient (Wildman–Crippen LogP) is 3.07. The van der Waals surface area contributed by atoms with Crippen LogP contribution in [0.1, 0.15) is 29.9 Å². The lowest BCUT2D eigenvalue weighted by atomic mass is 10.1. The van der Waals surface area contributed by atoms with Crippen LogP contribution in [-0.2, 0) is 0 Å². The van der Waals surface area contributed by atoms with Crippen molar-refractivity contribution in [2.75, 3.05) is 23.3 Å². The Hall–Kier alpha value is -3.30. The van der Waals surface area contributed by atoms with Crippen LogP contribution in [0.5, 0.6) is 0 Å². The number of imidazole rings is 1. The Kier molecular flexibility index (Phi) is 5.15. The summed E-state index contributed by atoms with van der Waals surface area (Å²) in [6.07, 6.45) is 6.76. The van der Waals surface area contributed by atoms with Crippen LogP contribution in [0.25, 0.3) is 16.7 Å². The highest BCUT2D eigenvalue weighted by atomic mass is 35.5. The van der Waals surface area contributed by atoms with Crippen LogP contribution in [0.4, 0.5) is 11.5 Å². The first kappa shape index (κ1) is 20.6. The first-order chi connectivity index (χ1) is 15.4. The van der Waals surface area contributed by atoms with E-state index in [0.29, 0.717) is 40.1 Å². The Morgan fingerprint density at radius 1 is 1.09 bits per heavy atom. The summed E-state index contributed by atoms with van der Waals surface area (Å²) in [6.45, 7) is 7.90. The number of nitrogens with one attached hydrogen (secondary N) is 2. The summed E-state index contributed by atoms with van der Waals surface area (Å²) >= 11 is 6.25. The van der Waals surface area contributed by atoms with Crippen molar-refractivity contribution in [3.05, 3.63) is 53.3 Å². The predicted molar refractivity (Wildman–Crippen MR) is 124 cm³/mol. The number of carbonyl (C=O) groups excluding carboxylic acids is 1. The van der Waals surface area contributed by atoms with E-state index < -0.39 is 0 Å². The number of benzene rings is 1. The second-order valence-electron chi connectivity index (χ2n) is 8.24. The minimum absolute atomic E-state index is 0.220. The van der Waals surface area contributed by atoms with Crippen molar-refractivity contribution in [1.82, 2.24) is 29.7 Å². The summed E-state index contributed by atoms with van der Waals surface area (Å²) in [5.41, 5.74) is 4.00. The molecule has 3 aromatic heterocycles. The number of rotatable bonds is 3. The summed E-state index contributed by atoms with van der Waals surface area (Å²) in [6, 6.07) is 4.44. The van der Waals surface area contributed by atoms with E-state index in [1.165, 1.54) is 0 Å². The topological polar surface area (TPSA) is 100 Å². The molecule has 5 rings (SSSR count). The van der Waals surface area contributed by atoms with Gasteiger partial charge in [-0.1, -0.05) is 11.6 Å². The van der Waals surface area contributed by atoms with Gasteiger partial charge in [0.25, 0.3) is 5.91 Å². The average Bonchev–Trinajstić information content (AvgIpc) is 3.13. The first-order valence-electron chi connectivity index (χ1n) is 10.5. The summed E-state index contributed by atoms with van der Waals surface area (Å²) in [5, 5.41) is 6.59. The Balaban J connectivity index is 1.50. The molecule has 0 bridgehead atoms. The molecular weight excluding hydrogens is 428 g/mol. The summed E-state index contributed by atoms with van der Waals surface area (Å²) in [5.74, 6) is -0.000350. The maximum Gasteiger partial charge on any atom is 0.259 e. The van der Waals surface area contributed by atoms with Gasteiger partial charge in [-0.05, 0) is 32.9 Å². The van der Waals surface area contributed by atoms with Crippen molar-refractivity contribution >= 4 is 45.7 Å². The van der Waals surface area contributed by atoms with Crippen LogP contribution in [0.2, 0.25) is 5.15 Å². The van der Waals surface area contributed by atoms with Crippen molar-refractivity contribution in [3.63, 3.8) is 0 Å². The zero-order valence-electron chi connectivity index (χ0n) is 18.0. The van der Waals surface area contributed by atoms with E-state index >= 15 is 0 Å². The normalized spacial score (nSPS) is 18.9. The van der Waals surface area contributed by atoms with Gasteiger partial charge in [0, 0.05) is 43.8 Å². The molecule has 0 spiro atoms. The van der Waals surface area contributed by atoms with Crippen molar-refractivity contribution in [2.45, 2.75) is 32.9 Å². The molecule has 4 aromatic rings. The number of hydrogen-bond acceptors (Lipinski definition) is 7. The molecule has 2 atom stereocenters. The van der Waals surface area contributed by atoms with E-state index in [1.807, 2.05) is 19.2 Å². The molecule has 1 fully saturated rings. The van der Waals surface area contributed by atoms with Crippen LogP contribution in [-0.4, -0.2) is 55.4 Å². The average molecular weight is 451 g/mol. The third kappa shape index (κ3) is 3.74. The number of amides is 1. The van der Waals surface area contributed by atoms with Crippen molar-refractivity contribution in [1.29, 1.82) is 0 Å². The minimum atomic E-state index is -0.330. The van der Waals surface area contributed by atoms with Crippen LogP contribution in [0.3, 0.4) is 0 Å². The van der Waals surface area contributed by atoms with Gasteiger partial charge in [-0.3, -0.25) is 14.8 Å². The van der Waals surface area contributed by atoms with Crippen molar-refractivity contribution in [2.24, 2.45) is 0 Å². The summed E-state index contributed by atoms with van der Waals surface area (Å²) in [7, 11) is 0. The first-order valence-corrected chi connectivity index (χ1v) is 10.8. The van der Waals surface area contributed by atoms with Gasteiger partial charge in [0.1, 0.15) is 11.0 Å². The Morgan fingerprint density at radius 3 is 2.56 bits per heavy atom. The largest absolute Gasteiger partial charge is 0.367 e. The van der Waals surface area contributed by atoms with Gasteiger partial charge in [0.05, 0.1) is 23.1 Å². The third-order valence-corrected chi connectivity index (χ3v) is 5.76. The number of carbonyl (C=O) groups is 1. The SMILES string of the molecule is Cc1cn2cc(NC(=O)c3ccc(N4CC(C)NC(C)C4)c4nccnc34)nc(Cl)c2n1. The molecule has 2 N–H and O–H groups in total. The molecule has 0 saturated carbocycles. The number of aromatic nitrogens is 5. The molecule has 0 aliphatic carbocycles. The molecule has 10 heteroatoms. The van der Waals surface area contributed by atoms with E-state index in [0.717, 1.165) is 24.5 Å². The maximum atomic E-state index is 13.2. The molecule has 164 valence electrons. The molecule has 4 heterocycles. The zero-order valence-corrected chi connectivity index (χ0v) is 18.8. The van der Waals surface area contributed by atoms with Gasteiger partial charge < -0.3 is 19.9 Å². The van der Waals surface area contributed by atoms with Gasteiger partial charge in [0.15, 0.2) is 16.6 Å². The molecule has 32 heavy (non-hydrogen) atoms. The number of fused-ring (bicyclic) bond motifs is 2. The zero-order chi connectivity index (χ0) is 22.4. The Bertz CT molecular complexity index is 1330. The number of anilines is 2.